The molecule has 0 saturated carbocycles. The number of aromatic nitrogens is 8. The standard InChI is InChI=1S/C40H31N3.C38H26N2.2C26H18N2/c1-28-16-20-31(21-17-28)41(32-22-18-29(2)19-23-32)33-24-26-34(27-25-33)43-38-15-9-7-13-36(38)39-35-12-6-8-14-37(35)42(40(39)43)30-10-4-3-5-11-30;1-5-13-27(14-6-1)29-21-23-35-33(25-29)37-34-26-30(28-15-7-2-8-16-28)22-24-36(34)40(32-19-11-4-12-20-32)38(37)39(35)31-17-9-3-10-18-31;1-3-11-19(12-4-1)27-23-17-9-7-15-21(23)26-25(27)22-16-8-10-18-24(22)28(26)20-13-5-2-6-14-20;1-3-11-19(12-4-1)27-23-17-9-7-15-21(23)25-22-16-8-10-18-24(22)28(26(25)27)20-13-5-2-6-14-20/h3-27H,1-2H3;1-26H;2*1-18H. The van der Waals surface area contributed by atoms with Crippen molar-refractivity contribution in [2.24, 2.45) is 0 Å². The fraction of sp³-hybridized carbons (Fsp3) is 0.0154. The maximum Gasteiger partial charge on any atom is 0.131 e. The lowest BCUT2D eigenvalue weighted by atomic mass is 10.0. The minimum absolute atomic E-state index is 1.12. The average molecular weight is 1780 g/mol. The smallest absolute Gasteiger partial charge is 0.131 e. The van der Waals surface area contributed by atoms with E-state index in [1.807, 2.05) is 0 Å². The molecule has 8 aromatic heterocycles. The number of anilines is 3. The second-order valence-electron chi connectivity index (χ2n) is 35.6. The fourth-order valence-electron chi connectivity index (χ4n) is 21.2. The van der Waals surface area contributed by atoms with Gasteiger partial charge in [0.05, 0.1) is 55.2 Å². The van der Waals surface area contributed by atoms with Crippen molar-refractivity contribution in [3.05, 3.63) is 539 Å². The molecule has 9 nitrogen and oxygen atoms in total. The van der Waals surface area contributed by atoms with Crippen LogP contribution in [0.3, 0.4) is 0 Å². The molecule has 0 saturated heterocycles. The van der Waals surface area contributed by atoms with E-state index in [4.69, 9.17) is 0 Å². The van der Waals surface area contributed by atoms with E-state index < -0.39 is 0 Å². The third-order valence-corrected chi connectivity index (χ3v) is 27.3. The lowest BCUT2D eigenvalue weighted by molar-refractivity contribution is 1.07. The van der Waals surface area contributed by atoms with E-state index in [1.54, 1.807) is 0 Å². The van der Waals surface area contributed by atoms with Crippen molar-refractivity contribution >= 4 is 148 Å². The Labute approximate surface area is 804 Å². The summed E-state index contributed by atoms with van der Waals surface area (Å²) in [4.78, 5) is 2.33. The van der Waals surface area contributed by atoms with Crippen LogP contribution >= 0.6 is 0 Å². The Bertz CT molecular complexity index is 8950. The van der Waals surface area contributed by atoms with Crippen LogP contribution in [0.1, 0.15) is 11.1 Å². The first kappa shape index (κ1) is 82.5. The van der Waals surface area contributed by atoms with Crippen molar-refractivity contribution < 1.29 is 0 Å². The van der Waals surface area contributed by atoms with Gasteiger partial charge in [-0.3, -0.25) is 27.4 Å². The summed E-state index contributed by atoms with van der Waals surface area (Å²) in [7, 11) is 0. The van der Waals surface area contributed by atoms with Gasteiger partial charge in [0.15, 0.2) is 0 Å². The highest BCUT2D eigenvalue weighted by Gasteiger charge is 2.29. The normalized spacial score (nSPS) is 11.5. The Kier molecular flexibility index (Phi) is 20.9. The predicted molar refractivity (Wildman–Crippen MR) is 585 cm³/mol. The van der Waals surface area contributed by atoms with Crippen molar-refractivity contribution in [2.45, 2.75) is 13.8 Å². The molecule has 28 rings (SSSR count). The quantitative estimate of drug-likeness (QED) is 0.113. The number of benzene rings is 20. The van der Waals surface area contributed by atoms with Gasteiger partial charge in [-0.2, -0.15) is 0 Å². The van der Waals surface area contributed by atoms with Crippen molar-refractivity contribution in [3.8, 4) is 67.8 Å². The van der Waals surface area contributed by atoms with Gasteiger partial charge in [-0.25, -0.2) is 0 Å². The van der Waals surface area contributed by atoms with Gasteiger partial charge in [-0.15, -0.1) is 0 Å². The molecular formula is C130H93N9. The van der Waals surface area contributed by atoms with Gasteiger partial charge >= 0.3 is 0 Å². The third kappa shape index (κ3) is 14.3. The monoisotopic (exact) mass is 1780 g/mol. The first-order valence-electron chi connectivity index (χ1n) is 47.6. The fourth-order valence-corrected chi connectivity index (χ4v) is 21.2. The van der Waals surface area contributed by atoms with E-state index >= 15 is 0 Å². The van der Waals surface area contributed by atoms with Gasteiger partial charge in [0.25, 0.3) is 0 Å². The molecule has 8 heterocycles. The van der Waals surface area contributed by atoms with Crippen LogP contribution in [0.2, 0.25) is 0 Å². The molecule has 0 radical (unpaired) electrons. The highest BCUT2D eigenvalue weighted by molar-refractivity contribution is 6.26. The van der Waals surface area contributed by atoms with Crippen LogP contribution in [-0.2, 0) is 0 Å². The Hall–Kier alpha value is -18.4. The minimum Gasteiger partial charge on any atom is -0.311 e. The first-order chi connectivity index (χ1) is 68.9. The Morgan fingerprint density at radius 1 is 0.144 bits per heavy atom. The molecule has 658 valence electrons. The van der Waals surface area contributed by atoms with E-state index in [-0.39, 0.29) is 0 Å². The molecule has 0 bridgehead atoms. The second kappa shape index (κ2) is 35.2. The zero-order chi connectivity index (χ0) is 92.4. The number of nitrogens with zero attached hydrogens (tertiary/aromatic N) is 9. The summed E-state index contributed by atoms with van der Waals surface area (Å²) in [6, 6.07) is 189. The molecule has 0 aliphatic heterocycles. The number of hydrogen-bond acceptors (Lipinski definition) is 1. The lowest BCUT2D eigenvalue weighted by Crippen LogP contribution is -2.10. The van der Waals surface area contributed by atoms with Crippen LogP contribution in [0.4, 0.5) is 17.1 Å². The molecule has 0 atom stereocenters. The van der Waals surface area contributed by atoms with E-state index in [9.17, 15) is 0 Å². The summed E-state index contributed by atoms with van der Waals surface area (Å²) in [6.45, 7) is 4.26. The molecule has 0 aliphatic rings. The molecule has 0 fully saturated rings. The predicted octanol–water partition coefficient (Wildman–Crippen LogP) is 34.3. The molecule has 9 heteroatoms. The van der Waals surface area contributed by atoms with Crippen molar-refractivity contribution in [3.63, 3.8) is 0 Å². The van der Waals surface area contributed by atoms with E-state index in [0.717, 1.165) is 39.8 Å². The molecule has 20 aromatic carbocycles. The minimum atomic E-state index is 1.12. The molecule has 139 heavy (non-hydrogen) atoms. The molecule has 0 amide bonds. The summed E-state index contributed by atoms with van der Waals surface area (Å²) >= 11 is 0. The molecule has 0 unspecified atom stereocenters. The van der Waals surface area contributed by atoms with Gasteiger partial charge in [-0.05, 0) is 230 Å². The van der Waals surface area contributed by atoms with Crippen LogP contribution in [0, 0.1) is 13.8 Å². The molecule has 28 aromatic rings. The van der Waals surface area contributed by atoms with Gasteiger partial charge in [0, 0.05) is 122 Å². The number of fused-ring (bicyclic) bond motifs is 20. The van der Waals surface area contributed by atoms with Crippen molar-refractivity contribution in [1.29, 1.82) is 0 Å². The third-order valence-electron chi connectivity index (χ3n) is 27.3. The van der Waals surface area contributed by atoms with Crippen LogP contribution < -0.4 is 4.90 Å². The zero-order valence-corrected chi connectivity index (χ0v) is 76.8. The molecular weight excluding hydrogens is 1690 g/mol. The van der Waals surface area contributed by atoms with Crippen molar-refractivity contribution in [1.82, 2.24) is 36.5 Å². The van der Waals surface area contributed by atoms with E-state index in [0.29, 0.717) is 0 Å². The number of para-hydroxylation sites is 13. The van der Waals surface area contributed by atoms with Crippen LogP contribution in [0.5, 0.6) is 0 Å². The second-order valence-corrected chi connectivity index (χ2v) is 35.6. The summed E-state index contributed by atoms with van der Waals surface area (Å²) in [5, 5.41) is 14.0. The average Bonchev–Trinajstić information content (AvgIpc) is 1.55. The zero-order valence-electron chi connectivity index (χ0n) is 76.8. The lowest BCUT2D eigenvalue weighted by Gasteiger charge is -2.26. The topological polar surface area (TPSA) is 42.7 Å². The van der Waals surface area contributed by atoms with Gasteiger partial charge < -0.3 is 14.0 Å². The summed E-state index contributed by atoms with van der Waals surface area (Å²) in [6.07, 6.45) is 0. The molecule has 0 spiro atoms. The first-order valence-corrected chi connectivity index (χ1v) is 47.6. The highest BCUT2D eigenvalue weighted by Crippen LogP contribution is 2.48. The van der Waals surface area contributed by atoms with Crippen LogP contribution in [0.25, 0.3) is 199 Å². The van der Waals surface area contributed by atoms with Gasteiger partial charge in [-0.1, -0.05) is 345 Å². The Morgan fingerprint density at radius 3 is 0.604 bits per heavy atom. The Morgan fingerprint density at radius 2 is 0.338 bits per heavy atom. The van der Waals surface area contributed by atoms with Crippen LogP contribution in [-0.4, -0.2) is 36.5 Å². The maximum atomic E-state index is 2.43. The summed E-state index contributed by atoms with van der Waals surface area (Å²) in [5.41, 5.74) is 35.9. The van der Waals surface area contributed by atoms with Gasteiger partial charge in [0.1, 0.15) is 16.9 Å². The summed E-state index contributed by atoms with van der Waals surface area (Å²) < 4.78 is 19.2. The SMILES string of the molecule is Cc1ccc(N(c2ccc(C)cc2)c2ccc(-n3c4ccccc4c4c5ccccc5n(-c5ccccc5)c43)cc2)cc1.c1ccc(-c2ccc3c(c2)c2c4cc(-c5ccccc5)ccc4n(-c4ccccc4)c2n3-c2ccccc2)cc1.c1ccc(-n2c3ccccc3c3c2c2ccccc2n3-c2ccccc2)cc1.c1ccc(-n2c3ccccc3c3c4ccccc4n(-c4ccccc4)c32)cc1. The van der Waals surface area contributed by atoms with E-state index in [2.05, 4.69) is 583 Å². The maximum absolute atomic E-state index is 2.43. The largest absolute Gasteiger partial charge is 0.311 e. The van der Waals surface area contributed by atoms with Gasteiger partial charge in [0.2, 0.25) is 0 Å². The summed E-state index contributed by atoms with van der Waals surface area (Å²) in [5.74, 6) is 0. The van der Waals surface area contributed by atoms with E-state index in [1.165, 1.54) is 187 Å². The number of rotatable bonds is 13. The molecule has 0 aliphatic carbocycles. The Balaban J connectivity index is 0.0000000997. The highest BCUT2D eigenvalue weighted by atomic mass is 15.2. The number of aryl methyl sites for hydroxylation is 2. The van der Waals surface area contributed by atoms with Crippen molar-refractivity contribution in [2.75, 3.05) is 4.90 Å². The van der Waals surface area contributed by atoms with Crippen LogP contribution in [0.15, 0.2) is 528 Å². The molecule has 0 N–H and O–H groups in total. The number of hydrogen-bond donors (Lipinski definition) is 0.